The second-order valence-corrected chi connectivity index (χ2v) is 5.27. The van der Waals surface area contributed by atoms with Crippen molar-refractivity contribution in [1.82, 2.24) is 9.55 Å². The zero-order valence-electron chi connectivity index (χ0n) is 9.85. The van der Waals surface area contributed by atoms with E-state index in [-0.39, 0.29) is 0 Å². The van der Waals surface area contributed by atoms with E-state index in [9.17, 15) is 5.11 Å². The molecule has 0 spiro atoms. The Hall–Kier alpha value is -0.840. The molecule has 0 aliphatic heterocycles. The van der Waals surface area contributed by atoms with Gasteiger partial charge in [0, 0.05) is 18.9 Å². The summed E-state index contributed by atoms with van der Waals surface area (Å²) in [5.74, 6) is 0.663. The van der Waals surface area contributed by atoms with E-state index in [1.807, 2.05) is 23.1 Å². The number of halogens is 1. The van der Waals surface area contributed by atoms with Crippen molar-refractivity contribution in [2.75, 3.05) is 0 Å². The van der Waals surface area contributed by atoms with Gasteiger partial charge in [0.05, 0.1) is 9.90 Å². The van der Waals surface area contributed by atoms with Gasteiger partial charge >= 0.3 is 0 Å². The number of aliphatic hydroxyl groups excluding tert-OH is 1. The van der Waals surface area contributed by atoms with Crippen molar-refractivity contribution >= 4 is 22.9 Å². The average Bonchev–Trinajstić information content (AvgIpc) is 2.88. The molecule has 17 heavy (non-hydrogen) atoms. The van der Waals surface area contributed by atoms with E-state index in [0.29, 0.717) is 10.8 Å². The van der Waals surface area contributed by atoms with E-state index in [1.165, 1.54) is 11.3 Å². The number of aliphatic hydroxyl groups is 1. The maximum absolute atomic E-state index is 10.3. The number of thiophene rings is 1. The van der Waals surface area contributed by atoms with E-state index in [4.69, 9.17) is 11.6 Å². The van der Waals surface area contributed by atoms with Gasteiger partial charge in [0.1, 0.15) is 11.9 Å². The monoisotopic (exact) mass is 270 g/mol. The van der Waals surface area contributed by atoms with Gasteiger partial charge in [0.25, 0.3) is 0 Å². The summed E-state index contributed by atoms with van der Waals surface area (Å²) in [5.41, 5.74) is 0.999. The fourth-order valence-electron chi connectivity index (χ4n) is 1.75. The minimum atomic E-state index is -0.734. The van der Waals surface area contributed by atoms with E-state index >= 15 is 0 Å². The van der Waals surface area contributed by atoms with E-state index in [2.05, 4.69) is 11.9 Å². The van der Waals surface area contributed by atoms with Crippen molar-refractivity contribution in [1.29, 1.82) is 0 Å². The van der Waals surface area contributed by atoms with Crippen LogP contribution in [0.4, 0.5) is 0 Å². The van der Waals surface area contributed by atoms with Crippen molar-refractivity contribution in [3.8, 4) is 0 Å². The van der Waals surface area contributed by atoms with Crippen molar-refractivity contribution in [3.05, 3.63) is 39.1 Å². The summed E-state index contributed by atoms with van der Waals surface area (Å²) in [4.78, 5) is 4.99. The first-order valence-corrected chi connectivity index (χ1v) is 6.83. The Morgan fingerprint density at radius 2 is 2.35 bits per heavy atom. The van der Waals surface area contributed by atoms with Gasteiger partial charge in [-0.15, -0.1) is 11.3 Å². The molecule has 0 saturated carbocycles. The molecule has 0 aliphatic rings. The predicted molar refractivity (Wildman–Crippen MR) is 70.6 cm³/mol. The Bertz CT molecular complexity index is 506. The third-order valence-electron chi connectivity index (χ3n) is 2.63. The van der Waals surface area contributed by atoms with Crippen LogP contribution in [0.3, 0.4) is 0 Å². The Morgan fingerprint density at radius 1 is 1.59 bits per heavy atom. The van der Waals surface area contributed by atoms with Crippen LogP contribution in [0.5, 0.6) is 0 Å². The van der Waals surface area contributed by atoms with Gasteiger partial charge < -0.3 is 9.67 Å². The lowest BCUT2D eigenvalue weighted by Gasteiger charge is -2.12. The van der Waals surface area contributed by atoms with Crippen LogP contribution < -0.4 is 0 Å². The van der Waals surface area contributed by atoms with Crippen molar-refractivity contribution in [2.24, 2.45) is 0 Å². The van der Waals surface area contributed by atoms with E-state index < -0.39 is 6.10 Å². The maximum Gasteiger partial charge on any atom is 0.147 e. The van der Waals surface area contributed by atoms with Crippen LogP contribution in [0.1, 0.15) is 35.7 Å². The van der Waals surface area contributed by atoms with Gasteiger partial charge in [-0.25, -0.2) is 4.98 Å². The lowest BCUT2D eigenvalue weighted by molar-refractivity contribution is 0.208. The second-order valence-electron chi connectivity index (χ2n) is 3.98. The highest BCUT2D eigenvalue weighted by molar-refractivity contribution is 7.10. The molecule has 0 bridgehead atoms. The standard InChI is InChI=1S/C12H15ClN2OS/c1-3-5-15-6-4-14-12(15)10(16)11-9(13)8(2)7-17-11/h4,6-7,10,16H,3,5H2,1-2H3. The first kappa shape index (κ1) is 12.6. The number of imidazole rings is 1. The second kappa shape index (κ2) is 5.21. The molecule has 2 heterocycles. The molecule has 1 unspecified atom stereocenters. The molecule has 0 radical (unpaired) electrons. The van der Waals surface area contributed by atoms with Gasteiger partial charge in [-0.2, -0.15) is 0 Å². The number of hydrogen-bond acceptors (Lipinski definition) is 3. The molecule has 0 aromatic carbocycles. The van der Waals surface area contributed by atoms with Crippen LogP contribution in [0.2, 0.25) is 5.02 Å². The van der Waals surface area contributed by atoms with Gasteiger partial charge in [-0.05, 0) is 24.3 Å². The third-order valence-corrected chi connectivity index (χ3v) is 4.40. The predicted octanol–water partition coefficient (Wildman–Crippen LogP) is 3.40. The quantitative estimate of drug-likeness (QED) is 0.925. The summed E-state index contributed by atoms with van der Waals surface area (Å²) in [6.45, 7) is 4.89. The van der Waals surface area contributed by atoms with Crippen LogP contribution in [-0.4, -0.2) is 14.7 Å². The molecule has 1 N–H and O–H groups in total. The Labute approximate surface area is 110 Å². The number of hydrogen-bond donors (Lipinski definition) is 1. The van der Waals surface area contributed by atoms with Crippen molar-refractivity contribution < 1.29 is 5.11 Å². The number of nitrogens with zero attached hydrogens (tertiary/aromatic N) is 2. The maximum atomic E-state index is 10.3. The smallest absolute Gasteiger partial charge is 0.147 e. The van der Waals surface area contributed by atoms with Gasteiger partial charge in [0.2, 0.25) is 0 Å². The van der Waals surface area contributed by atoms with Crippen LogP contribution in [0.15, 0.2) is 17.8 Å². The van der Waals surface area contributed by atoms with Crippen molar-refractivity contribution in [3.63, 3.8) is 0 Å². The lowest BCUT2D eigenvalue weighted by atomic mass is 10.2. The first-order valence-electron chi connectivity index (χ1n) is 5.57. The summed E-state index contributed by atoms with van der Waals surface area (Å²) >= 11 is 7.64. The van der Waals surface area contributed by atoms with Crippen LogP contribution in [0, 0.1) is 6.92 Å². The SMILES string of the molecule is CCCn1ccnc1C(O)c1scc(C)c1Cl. The van der Waals surface area contributed by atoms with Crippen LogP contribution >= 0.6 is 22.9 Å². The fourth-order valence-corrected chi connectivity index (χ4v) is 3.03. The molecular formula is C12H15ClN2OS. The zero-order valence-corrected chi connectivity index (χ0v) is 11.4. The summed E-state index contributed by atoms with van der Waals surface area (Å²) in [6, 6.07) is 0. The lowest BCUT2D eigenvalue weighted by Crippen LogP contribution is -2.09. The highest BCUT2D eigenvalue weighted by atomic mass is 35.5. The summed E-state index contributed by atoms with van der Waals surface area (Å²) in [7, 11) is 0. The highest BCUT2D eigenvalue weighted by Gasteiger charge is 2.21. The molecule has 2 aromatic rings. The minimum absolute atomic E-state index is 0.647. The van der Waals surface area contributed by atoms with Gasteiger partial charge in [-0.3, -0.25) is 0 Å². The highest BCUT2D eigenvalue weighted by Crippen LogP contribution is 2.35. The summed E-state index contributed by atoms with van der Waals surface area (Å²) in [6.07, 6.45) is 3.87. The Balaban J connectivity index is 2.33. The molecule has 2 aromatic heterocycles. The first-order chi connectivity index (χ1) is 8.15. The average molecular weight is 271 g/mol. The van der Waals surface area contributed by atoms with Crippen LogP contribution in [-0.2, 0) is 6.54 Å². The molecule has 1 atom stereocenters. The van der Waals surface area contributed by atoms with Gasteiger partial charge in [0.15, 0.2) is 0 Å². The topological polar surface area (TPSA) is 38.0 Å². The zero-order chi connectivity index (χ0) is 12.4. The molecule has 92 valence electrons. The minimum Gasteiger partial charge on any atom is -0.379 e. The van der Waals surface area contributed by atoms with Crippen molar-refractivity contribution in [2.45, 2.75) is 32.9 Å². The molecule has 0 amide bonds. The third kappa shape index (κ3) is 2.39. The largest absolute Gasteiger partial charge is 0.379 e. The molecule has 2 rings (SSSR count). The number of aromatic nitrogens is 2. The van der Waals surface area contributed by atoms with Crippen LogP contribution in [0.25, 0.3) is 0 Å². The molecule has 0 saturated heterocycles. The van der Waals surface area contributed by atoms with E-state index in [0.717, 1.165) is 23.4 Å². The molecular weight excluding hydrogens is 256 g/mol. The molecule has 3 nitrogen and oxygen atoms in total. The molecule has 0 fully saturated rings. The summed E-state index contributed by atoms with van der Waals surface area (Å²) < 4.78 is 1.97. The Kier molecular flexibility index (Phi) is 3.86. The van der Waals surface area contributed by atoms with E-state index in [1.54, 1.807) is 6.20 Å². The fraction of sp³-hybridized carbons (Fsp3) is 0.417. The summed E-state index contributed by atoms with van der Waals surface area (Å²) in [5, 5.41) is 12.9. The molecule has 0 aliphatic carbocycles. The number of rotatable bonds is 4. The van der Waals surface area contributed by atoms with Gasteiger partial charge in [-0.1, -0.05) is 18.5 Å². The normalized spacial score (nSPS) is 12.9. The molecule has 5 heteroatoms. The number of aryl methyl sites for hydroxylation is 2. The Morgan fingerprint density at radius 3 is 2.94 bits per heavy atom.